The predicted octanol–water partition coefficient (Wildman–Crippen LogP) is 3.16. The monoisotopic (exact) mass is 248 g/mol. The van der Waals surface area contributed by atoms with E-state index in [1.807, 2.05) is 6.92 Å². The maximum atomic E-state index is 14.0. The Morgan fingerprint density at radius 2 is 1.61 bits per heavy atom. The zero-order chi connectivity index (χ0) is 13.4. The molecule has 2 rings (SSSR count). The minimum Gasteiger partial charge on any atom is -0.299 e. The largest absolute Gasteiger partial charge is 0.299 e. The van der Waals surface area contributed by atoms with Gasteiger partial charge in [-0.25, -0.2) is 4.39 Å². The number of Topliss-reactive ketones (excluding diaryl/α,β-unsaturated/α-hetero) is 2. The van der Waals surface area contributed by atoms with Crippen LogP contribution in [0.3, 0.4) is 0 Å². The van der Waals surface area contributed by atoms with Crippen molar-refractivity contribution < 1.29 is 14.0 Å². The van der Waals surface area contributed by atoms with E-state index in [0.29, 0.717) is 24.0 Å². The first-order chi connectivity index (χ1) is 8.40. The lowest BCUT2D eigenvalue weighted by molar-refractivity contribution is -0.130. The van der Waals surface area contributed by atoms with Crippen molar-refractivity contribution in [3.05, 3.63) is 34.1 Å². The van der Waals surface area contributed by atoms with Crippen molar-refractivity contribution >= 4 is 11.6 Å². The lowest BCUT2D eigenvalue weighted by Crippen LogP contribution is -2.22. The van der Waals surface area contributed by atoms with Gasteiger partial charge in [-0.1, -0.05) is 6.07 Å². The van der Waals surface area contributed by atoms with Gasteiger partial charge in [0.2, 0.25) is 0 Å². The Hall–Kier alpha value is -1.51. The molecule has 0 amide bonds. The number of hydrogen-bond acceptors (Lipinski definition) is 2. The summed E-state index contributed by atoms with van der Waals surface area (Å²) in [4.78, 5) is 23.0. The number of carbonyl (C=O) groups excluding carboxylic acids is 2. The third-order valence-corrected chi connectivity index (χ3v) is 3.69. The molecular weight excluding hydrogens is 231 g/mol. The number of rotatable bonds is 1. The Bertz CT molecular complexity index is 516. The van der Waals surface area contributed by atoms with Crippen LogP contribution in [0.15, 0.2) is 6.07 Å². The molecule has 1 fully saturated rings. The highest BCUT2D eigenvalue weighted by Gasteiger charge is 2.29. The highest BCUT2D eigenvalue weighted by Crippen LogP contribution is 2.35. The quantitative estimate of drug-likeness (QED) is 0.715. The lowest BCUT2D eigenvalue weighted by atomic mass is 9.78. The van der Waals surface area contributed by atoms with Gasteiger partial charge in [-0.15, -0.1) is 0 Å². The van der Waals surface area contributed by atoms with Gasteiger partial charge >= 0.3 is 0 Å². The maximum absolute atomic E-state index is 14.0. The standard InChI is InChI=1S/C15H17FO2/c1-8-4-9(2)15(16)10(3)14(8)11-5-12(17)7-13(18)6-11/h4,11H,5-7H2,1-3H3. The second kappa shape index (κ2) is 4.63. The van der Waals surface area contributed by atoms with E-state index in [0.717, 1.165) is 11.1 Å². The van der Waals surface area contributed by atoms with Crippen molar-refractivity contribution in [1.29, 1.82) is 0 Å². The van der Waals surface area contributed by atoms with Crippen LogP contribution in [0, 0.1) is 26.6 Å². The first-order valence-electron chi connectivity index (χ1n) is 6.19. The van der Waals surface area contributed by atoms with Gasteiger partial charge in [-0.2, -0.15) is 0 Å². The Balaban J connectivity index is 2.48. The summed E-state index contributed by atoms with van der Waals surface area (Å²) >= 11 is 0. The minimum absolute atomic E-state index is 0.0315. The normalized spacial score (nSPS) is 17.3. The van der Waals surface area contributed by atoms with Crippen LogP contribution >= 0.6 is 0 Å². The molecule has 0 bridgehead atoms. The fraction of sp³-hybridized carbons (Fsp3) is 0.467. The fourth-order valence-electron chi connectivity index (χ4n) is 2.99. The van der Waals surface area contributed by atoms with Crippen LogP contribution in [-0.4, -0.2) is 11.6 Å². The fourth-order valence-corrected chi connectivity index (χ4v) is 2.99. The van der Waals surface area contributed by atoms with Crippen LogP contribution in [0.4, 0.5) is 4.39 Å². The molecule has 0 saturated heterocycles. The van der Waals surface area contributed by atoms with Crippen molar-refractivity contribution in [2.45, 2.75) is 46.0 Å². The molecule has 0 aromatic heterocycles. The van der Waals surface area contributed by atoms with Crippen LogP contribution in [0.1, 0.15) is 47.4 Å². The number of hydrogen-bond donors (Lipinski definition) is 0. The molecule has 0 unspecified atom stereocenters. The van der Waals surface area contributed by atoms with E-state index < -0.39 is 0 Å². The summed E-state index contributed by atoms with van der Waals surface area (Å²) in [6.45, 7) is 5.38. The smallest absolute Gasteiger partial charge is 0.140 e. The second-order valence-corrected chi connectivity index (χ2v) is 5.22. The summed E-state index contributed by atoms with van der Waals surface area (Å²) in [5, 5.41) is 0. The van der Waals surface area contributed by atoms with Gasteiger partial charge in [0.15, 0.2) is 0 Å². The summed E-state index contributed by atoms with van der Waals surface area (Å²) < 4.78 is 14.0. The van der Waals surface area contributed by atoms with Crippen molar-refractivity contribution in [2.24, 2.45) is 0 Å². The molecule has 0 atom stereocenters. The molecule has 1 aromatic carbocycles. The molecule has 0 N–H and O–H groups in total. The summed E-state index contributed by atoms with van der Waals surface area (Å²) in [6.07, 6.45) is 0.759. The van der Waals surface area contributed by atoms with Crippen molar-refractivity contribution in [2.75, 3.05) is 0 Å². The number of aryl methyl sites for hydroxylation is 2. The zero-order valence-corrected chi connectivity index (χ0v) is 11.0. The third kappa shape index (κ3) is 2.22. The zero-order valence-electron chi connectivity index (χ0n) is 11.0. The molecule has 0 aliphatic heterocycles. The highest BCUT2D eigenvalue weighted by molar-refractivity contribution is 6.02. The lowest BCUT2D eigenvalue weighted by Gasteiger charge is -2.24. The SMILES string of the molecule is Cc1cc(C)c(C2CC(=O)CC(=O)C2)c(C)c1F. The molecule has 0 radical (unpaired) electrons. The van der Waals surface area contributed by atoms with Crippen molar-refractivity contribution in [3.8, 4) is 0 Å². The van der Waals surface area contributed by atoms with E-state index in [2.05, 4.69) is 0 Å². The summed E-state index contributed by atoms with van der Waals surface area (Å²) in [6, 6.07) is 1.79. The third-order valence-electron chi connectivity index (χ3n) is 3.69. The molecular formula is C15H17FO2. The van der Waals surface area contributed by atoms with Gasteiger partial charge in [0.05, 0.1) is 6.42 Å². The molecule has 1 aromatic rings. The molecule has 1 aliphatic rings. The number of ketones is 2. The molecule has 0 spiro atoms. The molecule has 1 saturated carbocycles. The van der Waals surface area contributed by atoms with Gasteiger partial charge < -0.3 is 0 Å². The first kappa shape index (κ1) is 12.9. The van der Waals surface area contributed by atoms with Gasteiger partial charge in [-0.3, -0.25) is 9.59 Å². The number of benzene rings is 1. The Morgan fingerprint density at radius 1 is 1.06 bits per heavy atom. The van der Waals surface area contributed by atoms with E-state index >= 15 is 0 Å². The molecule has 2 nitrogen and oxygen atoms in total. The Morgan fingerprint density at radius 3 is 2.17 bits per heavy atom. The van der Waals surface area contributed by atoms with Crippen molar-refractivity contribution in [3.63, 3.8) is 0 Å². The predicted molar refractivity (Wildman–Crippen MR) is 67.2 cm³/mol. The Kier molecular flexibility index (Phi) is 3.33. The second-order valence-electron chi connectivity index (χ2n) is 5.22. The van der Waals surface area contributed by atoms with E-state index in [-0.39, 0.29) is 29.7 Å². The molecule has 3 heteroatoms. The van der Waals surface area contributed by atoms with Gasteiger partial charge in [0, 0.05) is 12.8 Å². The van der Waals surface area contributed by atoms with Gasteiger partial charge in [0.1, 0.15) is 17.4 Å². The van der Waals surface area contributed by atoms with E-state index in [1.165, 1.54) is 0 Å². The minimum atomic E-state index is -0.221. The van der Waals surface area contributed by atoms with E-state index in [4.69, 9.17) is 0 Å². The highest BCUT2D eigenvalue weighted by atomic mass is 19.1. The average Bonchev–Trinajstić information content (AvgIpc) is 2.24. The van der Waals surface area contributed by atoms with Crippen LogP contribution < -0.4 is 0 Å². The number of carbonyl (C=O) groups is 2. The maximum Gasteiger partial charge on any atom is 0.140 e. The van der Waals surface area contributed by atoms with Crippen LogP contribution in [0.25, 0.3) is 0 Å². The van der Waals surface area contributed by atoms with Gasteiger partial charge in [0.25, 0.3) is 0 Å². The molecule has 1 aliphatic carbocycles. The topological polar surface area (TPSA) is 34.1 Å². The Labute approximate surface area is 106 Å². The van der Waals surface area contributed by atoms with Crippen molar-refractivity contribution in [1.82, 2.24) is 0 Å². The first-order valence-corrected chi connectivity index (χ1v) is 6.19. The molecule has 0 heterocycles. The van der Waals surface area contributed by atoms with Crippen LogP contribution in [0.5, 0.6) is 0 Å². The molecule has 18 heavy (non-hydrogen) atoms. The number of halogens is 1. The summed E-state index contributed by atoms with van der Waals surface area (Å²) in [5.41, 5.74) is 3.01. The van der Waals surface area contributed by atoms with E-state index in [1.54, 1.807) is 19.9 Å². The molecule has 96 valence electrons. The summed E-state index contributed by atoms with van der Waals surface area (Å²) in [7, 11) is 0. The van der Waals surface area contributed by atoms with Crippen LogP contribution in [-0.2, 0) is 9.59 Å². The average molecular weight is 248 g/mol. The van der Waals surface area contributed by atoms with E-state index in [9.17, 15) is 14.0 Å². The van der Waals surface area contributed by atoms with Gasteiger partial charge in [-0.05, 0) is 48.9 Å². The van der Waals surface area contributed by atoms with Crippen LogP contribution in [0.2, 0.25) is 0 Å². The summed E-state index contributed by atoms with van der Waals surface area (Å²) in [5.74, 6) is -0.429.